The van der Waals surface area contributed by atoms with Crippen molar-refractivity contribution in [1.82, 2.24) is 9.78 Å². The van der Waals surface area contributed by atoms with Crippen molar-refractivity contribution < 1.29 is 9.53 Å². The van der Waals surface area contributed by atoms with Crippen molar-refractivity contribution in [3.63, 3.8) is 0 Å². The second-order valence-corrected chi connectivity index (χ2v) is 7.83. The van der Waals surface area contributed by atoms with Crippen molar-refractivity contribution in [3.8, 4) is 22.7 Å². The lowest BCUT2D eigenvalue weighted by atomic mass is 9.96. The first-order valence-electron chi connectivity index (χ1n) is 10.4. The van der Waals surface area contributed by atoms with E-state index in [9.17, 15) is 4.79 Å². The molecule has 1 N–H and O–H groups in total. The third-order valence-electron chi connectivity index (χ3n) is 5.34. The van der Waals surface area contributed by atoms with Crippen LogP contribution in [0, 0.1) is 0 Å². The van der Waals surface area contributed by atoms with Gasteiger partial charge in [-0.3, -0.25) is 4.79 Å². The van der Waals surface area contributed by atoms with E-state index >= 15 is 0 Å². The second-order valence-electron chi connectivity index (χ2n) is 7.39. The van der Waals surface area contributed by atoms with Crippen molar-refractivity contribution >= 4 is 23.3 Å². The second kappa shape index (κ2) is 9.71. The van der Waals surface area contributed by atoms with Crippen molar-refractivity contribution in [2.24, 2.45) is 0 Å². The summed E-state index contributed by atoms with van der Waals surface area (Å²) in [4.78, 5) is 13.2. The van der Waals surface area contributed by atoms with Gasteiger partial charge in [-0.15, -0.1) is 0 Å². The summed E-state index contributed by atoms with van der Waals surface area (Å²) in [6.07, 6.45) is 0.691. The van der Waals surface area contributed by atoms with E-state index in [-0.39, 0.29) is 11.8 Å². The van der Waals surface area contributed by atoms with Crippen molar-refractivity contribution in [2.45, 2.75) is 19.3 Å². The molecule has 4 aromatic rings. The summed E-state index contributed by atoms with van der Waals surface area (Å²) in [5.41, 5.74) is 3.45. The van der Waals surface area contributed by atoms with Gasteiger partial charge >= 0.3 is 0 Å². The van der Waals surface area contributed by atoms with Crippen LogP contribution in [0.3, 0.4) is 0 Å². The van der Waals surface area contributed by atoms with Crippen LogP contribution < -0.4 is 10.1 Å². The van der Waals surface area contributed by atoms with Gasteiger partial charge in [0.15, 0.2) is 0 Å². The highest BCUT2D eigenvalue weighted by Crippen LogP contribution is 2.28. The number of rotatable bonds is 7. The lowest BCUT2D eigenvalue weighted by Gasteiger charge is -2.16. The SMILES string of the molecule is CCC(C(=O)Nc1cc(-c2ccc(Cl)cc2)nn1-c1ccc(OC)cc1)c1ccccc1. The maximum atomic E-state index is 13.2. The molecule has 1 unspecified atom stereocenters. The van der Waals surface area contributed by atoms with E-state index < -0.39 is 0 Å². The van der Waals surface area contributed by atoms with Crippen LogP contribution in [0.5, 0.6) is 5.75 Å². The van der Waals surface area contributed by atoms with Gasteiger partial charge in [-0.05, 0) is 48.4 Å². The van der Waals surface area contributed by atoms with Gasteiger partial charge in [0.05, 0.1) is 24.4 Å². The summed E-state index contributed by atoms with van der Waals surface area (Å²) in [7, 11) is 1.63. The molecule has 4 rings (SSSR count). The number of methoxy groups -OCH3 is 1. The molecule has 0 fully saturated rings. The molecule has 1 aromatic heterocycles. The number of nitrogens with one attached hydrogen (secondary N) is 1. The Morgan fingerprint density at radius 3 is 2.34 bits per heavy atom. The predicted molar refractivity (Wildman–Crippen MR) is 129 cm³/mol. The van der Waals surface area contributed by atoms with Gasteiger partial charge in [-0.25, -0.2) is 4.68 Å². The minimum atomic E-state index is -0.255. The maximum absolute atomic E-state index is 13.2. The molecule has 1 amide bonds. The van der Waals surface area contributed by atoms with E-state index in [0.717, 1.165) is 28.3 Å². The van der Waals surface area contributed by atoms with Gasteiger partial charge in [0.25, 0.3) is 0 Å². The van der Waals surface area contributed by atoms with E-state index in [4.69, 9.17) is 21.4 Å². The fourth-order valence-electron chi connectivity index (χ4n) is 3.62. The zero-order chi connectivity index (χ0) is 22.5. The van der Waals surface area contributed by atoms with E-state index in [0.29, 0.717) is 17.3 Å². The molecule has 0 aliphatic heterocycles. The standard InChI is InChI=1S/C26H24ClN3O2/c1-3-23(18-7-5-4-6-8-18)26(31)28-25-17-24(19-9-11-20(27)12-10-19)29-30(25)21-13-15-22(32-2)16-14-21/h4-17,23H,3H2,1-2H3,(H,28,31). The number of carbonyl (C=O) groups excluding carboxylic acids is 1. The van der Waals surface area contributed by atoms with Crippen molar-refractivity contribution in [2.75, 3.05) is 12.4 Å². The molecular weight excluding hydrogens is 422 g/mol. The van der Waals surface area contributed by atoms with Gasteiger partial charge in [0.1, 0.15) is 11.6 Å². The predicted octanol–water partition coefficient (Wildman–Crippen LogP) is 6.33. The van der Waals surface area contributed by atoms with Gasteiger partial charge < -0.3 is 10.1 Å². The molecule has 0 bridgehead atoms. The Bertz CT molecular complexity index is 1190. The minimum absolute atomic E-state index is 0.0731. The number of amides is 1. The summed E-state index contributed by atoms with van der Waals surface area (Å²) in [6, 6.07) is 26.7. The zero-order valence-corrected chi connectivity index (χ0v) is 18.7. The van der Waals surface area contributed by atoms with Crippen molar-refractivity contribution in [3.05, 3.63) is 95.5 Å². The molecule has 1 heterocycles. The number of ether oxygens (including phenoxy) is 1. The number of hydrogen-bond donors (Lipinski definition) is 1. The van der Waals surface area contributed by atoms with E-state index in [1.807, 2.05) is 91.9 Å². The van der Waals surface area contributed by atoms with Gasteiger partial charge in [0, 0.05) is 16.7 Å². The fourth-order valence-corrected chi connectivity index (χ4v) is 3.75. The Hall–Kier alpha value is -3.57. The summed E-state index contributed by atoms with van der Waals surface area (Å²) in [6.45, 7) is 2.01. The van der Waals surface area contributed by atoms with Crippen LogP contribution in [-0.2, 0) is 4.79 Å². The third-order valence-corrected chi connectivity index (χ3v) is 5.60. The third kappa shape index (κ3) is 4.68. The van der Waals surface area contributed by atoms with Gasteiger partial charge in [0.2, 0.25) is 5.91 Å². The highest BCUT2D eigenvalue weighted by Gasteiger charge is 2.21. The number of carbonyl (C=O) groups is 1. The normalized spacial score (nSPS) is 11.7. The fraction of sp³-hybridized carbons (Fsp3) is 0.154. The maximum Gasteiger partial charge on any atom is 0.233 e. The molecule has 1 atom stereocenters. The number of benzene rings is 3. The summed E-state index contributed by atoms with van der Waals surface area (Å²) in [5, 5.41) is 8.52. The van der Waals surface area contributed by atoms with Crippen LogP contribution in [-0.4, -0.2) is 22.8 Å². The first-order valence-corrected chi connectivity index (χ1v) is 10.8. The minimum Gasteiger partial charge on any atom is -0.497 e. The quantitative estimate of drug-likeness (QED) is 0.361. The zero-order valence-electron chi connectivity index (χ0n) is 18.0. The molecule has 0 aliphatic rings. The Balaban J connectivity index is 1.71. The van der Waals surface area contributed by atoms with Crippen LogP contribution >= 0.6 is 11.6 Å². The van der Waals surface area contributed by atoms with Crippen LogP contribution in [0.2, 0.25) is 5.02 Å². The Labute approximate surface area is 192 Å². The number of halogens is 1. The lowest BCUT2D eigenvalue weighted by Crippen LogP contribution is -2.22. The highest BCUT2D eigenvalue weighted by atomic mass is 35.5. The first kappa shape index (κ1) is 21.7. The van der Waals surface area contributed by atoms with Crippen LogP contribution in [0.25, 0.3) is 16.9 Å². The number of hydrogen-bond acceptors (Lipinski definition) is 3. The van der Waals surface area contributed by atoms with E-state index in [2.05, 4.69) is 5.32 Å². The smallest absolute Gasteiger partial charge is 0.233 e. The first-order chi connectivity index (χ1) is 15.6. The molecule has 32 heavy (non-hydrogen) atoms. The van der Waals surface area contributed by atoms with Crippen LogP contribution in [0.15, 0.2) is 84.9 Å². The molecule has 0 saturated heterocycles. The molecule has 5 nitrogen and oxygen atoms in total. The largest absolute Gasteiger partial charge is 0.497 e. The molecular formula is C26H24ClN3O2. The van der Waals surface area contributed by atoms with Gasteiger partial charge in [-0.1, -0.05) is 61.0 Å². The number of aromatic nitrogens is 2. The van der Waals surface area contributed by atoms with Crippen LogP contribution in [0.1, 0.15) is 24.8 Å². The van der Waals surface area contributed by atoms with Crippen LogP contribution in [0.4, 0.5) is 5.82 Å². The average molecular weight is 446 g/mol. The molecule has 0 saturated carbocycles. The highest BCUT2D eigenvalue weighted by molar-refractivity contribution is 6.30. The van der Waals surface area contributed by atoms with Gasteiger partial charge in [-0.2, -0.15) is 5.10 Å². The summed E-state index contributed by atoms with van der Waals surface area (Å²) < 4.78 is 7.00. The molecule has 3 aromatic carbocycles. The molecule has 0 spiro atoms. The molecule has 0 aliphatic carbocycles. The van der Waals surface area contributed by atoms with Crippen molar-refractivity contribution in [1.29, 1.82) is 0 Å². The monoisotopic (exact) mass is 445 g/mol. The average Bonchev–Trinajstić information content (AvgIpc) is 3.24. The Morgan fingerprint density at radius 2 is 1.72 bits per heavy atom. The molecule has 0 radical (unpaired) electrons. The summed E-state index contributed by atoms with van der Waals surface area (Å²) in [5.74, 6) is 1.02. The van der Waals surface area contributed by atoms with E-state index in [1.165, 1.54) is 0 Å². The Kier molecular flexibility index (Phi) is 6.57. The molecule has 162 valence electrons. The summed E-state index contributed by atoms with van der Waals surface area (Å²) >= 11 is 6.04. The topological polar surface area (TPSA) is 56.2 Å². The lowest BCUT2D eigenvalue weighted by molar-refractivity contribution is -0.117. The Morgan fingerprint density at radius 1 is 1.03 bits per heavy atom. The molecule has 6 heteroatoms. The van der Waals surface area contributed by atoms with E-state index in [1.54, 1.807) is 11.8 Å². The number of nitrogens with zero attached hydrogens (tertiary/aromatic N) is 2. The number of anilines is 1.